The second kappa shape index (κ2) is 12.2. The smallest absolute Gasteiger partial charge is 0.305 e. The molecule has 0 aromatic heterocycles. The Balaban J connectivity index is 2.11. The summed E-state index contributed by atoms with van der Waals surface area (Å²) in [5, 5.41) is 12.3. The van der Waals surface area contributed by atoms with E-state index >= 15 is 0 Å². The molecule has 0 spiro atoms. The van der Waals surface area contributed by atoms with Crippen LogP contribution in [0.1, 0.15) is 51.5 Å². The Morgan fingerprint density at radius 3 is 2.68 bits per heavy atom. The van der Waals surface area contributed by atoms with E-state index in [0.717, 1.165) is 5.56 Å². The van der Waals surface area contributed by atoms with Gasteiger partial charge in [0.1, 0.15) is 6.61 Å². The number of nitrogens with one attached hydrogen (secondary N) is 1. The molecule has 170 valence electrons. The summed E-state index contributed by atoms with van der Waals surface area (Å²) in [4.78, 5) is 39.4. The molecule has 1 unspecified atom stereocenters. The van der Waals surface area contributed by atoms with Gasteiger partial charge in [-0.15, -0.1) is 0 Å². The first-order chi connectivity index (χ1) is 14.8. The molecule has 1 atom stereocenters. The molecule has 0 aliphatic carbocycles. The minimum absolute atomic E-state index is 0.0406. The molecular weight excluding hydrogens is 396 g/mol. The van der Waals surface area contributed by atoms with Crippen molar-refractivity contribution in [2.45, 2.75) is 58.0 Å². The van der Waals surface area contributed by atoms with Gasteiger partial charge in [-0.2, -0.15) is 0 Å². The molecule has 7 heteroatoms. The van der Waals surface area contributed by atoms with Gasteiger partial charge in [-0.25, -0.2) is 0 Å². The molecular formula is C24H34N2O5. The highest BCUT2D eigenvalue weighted by molar-refractivity contribution is 5.86. The van der Waals surface area contributed by atoms with Crippen LogP contribution in [-0.4, -0.2) is 53.1 Å². The van der Waals surface area contributed by atoms with Crippen molar-refractivity contribution in [1.82, 2.24) is 10.2 Å². The van der Waals surface area contributed by atoms with Crippen LogP contribution in [0.15, 0.2) is 42.5 Å². The number of amides is 2. The van der Waals surface area contributed by atoms with E-state index in [2.05, 4.69) is 5.32 Å². The van der Waals surface area contributed by atoms with Gasteiger partial charge >= 0.3 is 5.97 Å². The van der Waals surface area contributed by atoms with Crippen molar-refractivity contribution >= 4 is 17.8 Å². The molecule has 2 amide bonds. The number of aliphatic hydroxyl groups is 1. The van der Waals surface area contributed by atoms with Crippen LogP contribution in [0.25, 0.3) is 0 Å². The second-order valence-electron chi connectivity index (χ2n) is 8.56. The molecule has 0 bridgehead atoms. The van der Waals surface area contributed by atoms with E-state index in [0.29, 0.717) is 32.2 Å². The van der Waals surface area contributed by atoms with Gasteiger partial charge in [0.25, 0.3) is 0 Å². The fraction of sp³-hybridized carbons (Fsp3) is 0.542. The normalized spacial score (nSPS) is 19.9. The van der Waals surface area contributed by atoms with Crippen molar-refractivity contribution < 1.29 is 24.2 Å². The number of cyclic esters (lactones) is 1. The maximum absolute atomic E-state index is 13.0. The molecule has 0 saturated heterocycles. The summed E-state index contributed by atoms with van der Waals surface area (Å²) in [5.74, 6) is -1.25. The zero-order valence-corrected chi connectivity index (χ0v) is 18.5. The number of benzene rings is 1. The molecule has 1 aromatic carbocycles. The van der Waals surface area contributed by atoms with E-state index in [-0.39, 0.29) is 44.0 Å². The van der Waals surface area contributed by atoms with Gasteiger partial charge in [0, 0.05) is 25.9 Å². The zero-order chi connectivity index (χ0) is 22.7. The predicted molar refractivity (Wildman–Crippen MR) is 118 cm³/mol. The second-order valence-corrected chi connectivity index (χ2v) is 8.56. The third-order valence-corrected chi connectivity index (χ3v) is 5.13. The molecule has 1 aliphatic rings. The molecule has 31 heavy (non-hydrogen) atoms. The average molecular weight is 431 g/mol. The van der Waals surface area contributed by atoms with Crippen LogP contribution in [0.2, 0.25) is 0 Å². The van der Waals surface area contributed by atoms with Crippen LogP contribution in [0.3, 0.4) is 0 Å². The fourth-order valence-electron chi connectivity index (χ4n) is 3.39. The maximum Gasteiger partial charge on any atom is 0.305 e. The maximum atomic E-state index is 13.0. The quantitative estimate of drug-likeness (QED) is 0.534. The minimum atomic E-state index is -0.735. The number of nitrogens with zero attached hydrogens (tertiary/aromatic N) is 1. The lowest BCUT2D eigenvalue weighted by molar-refractivity contribution is -0.147. The number of hydrogen-bond donors (Lipinski definition) is 2. The van der Waals surface area contributed by atoms with Crippen LogP contribution >= 0.6 is 0 Å². The number of esters is 1. The van der Waals surface area contributed by atoms with Crippen molar-refractivity contribution in [3.05, 3.63) is 48.0 Å². The third-order valence-electron chi connectivity index (χ3n) is 5.13. The predicted octanol–water partition coefficient (Wildman–Crippen LogP) is 2.58. The molecule has 2 rings (SSSR count). The van der Waals surface area contributed by atoms with E-state index in [4.69, 9.17) is 4.74 Å². The van der Waals surface area contributed by atoms with Crippen LogP contribution in [0.4, 0.5) is 0 Å². The monoisotopic (exact) mass is 430 g/mol. The average Bonchev–Trinajstić information content (AvgIpc) is 2.74. The van der Waals surface area contributed by atoms with Crippen molar-refractivity contribution in [1.29, 1.82) is 0 Å². The summed E-state index contributed by atoms with van der Waals surface area (Å²) in [6, 6.07) is 9.56. The summed E-state index contributed by atoms with van der Waals surface area (Å²) < 4.78 is 5.29. The van der Waals surface area contributed by atoms with Crippen molar-refractivity contribution in [2.24, 2.45) is 5.92 Å². The lowest BCUT2D eigenvalue weighted by atomic mass is 9.96. The van der Waals surface area contributed by atoms with Gasteiger partial charge in [-0.3, -0.25) is 14.4 Å². The molecule has 7 nitrogen and oxygen atoms in total. The minimum Gasteiger partial charge on any atom is -0.463 e. The summed E-state index contributed by atoms with van der Waals surface area (Å²) in [6.45, 7) is 4.11. The first-order valence-electron chi connectivity index (χ1n) is 10.9. The number of aliphatic hydroxyl groups excluding tert-OH is 1. The number of carbonyl (C=O) groups excluding carboxylic acids is 3. The van der Waals surface area contributed by atoms with Gasteiger partial charge in [-0.1, -0.05) is 42.5 Å². The summed E-state index contributed by atoms with van der Waals surface area (Å²) >= 11 is 0. The van der Waals surface area contributed by atoms with E-state index in [1.54, 1.807) is 18.7 Å². The Morgan fingerprint density at radius 1 is 1.23 bits per heavy atom. The number of carbonyl (C=O) groups is 3. The molecule has 1 aromatic rings. The van der Waals surface area contributed by atoms with Crippen LogP contribution < -0.4 is 5.32 Å². The topological polar surface area (TPSA) is 95.9 Å². The molecule has 1 aliphatic heterocycles. The first kappa shape index (κ1) is 24.6. The molecule has 0 radical (unpaired) electrons. The van der Waals surface area contributed by atoms with Gasteiger partial charge in [-0.05, 0) is 38.7 Å². The Labute approximate surface area is 184 Å². The van der Waals surface area contributed by atoms with Crippen LogP contribution in [0, 0.1) is 5.92 Å². The summed E-state index contributed by atoms with van der Waals surface area (Å²) in [5.41, 5.74) is 0.229. The van der Waals surface area contributed by atoms with Crippen molar-refractivity contribution in [2.75, 3.05) is 19.8 Å². The lowest BCUT2D eigenvalue weighted by Crippen LogP contribution is -2.50. The SMILES string of the molecule is CC1(C)COC(=O)CCCC=CCC(CC(=O)N(CCO)Cc2ccccc2)C(=O)N1. The molecule has 1 heterocycles. The molecule has 2 N–H and O–H groups in total. The standard InChI is InChI=1S/C24H34N2O5/c1-24(2)18-31-22(29)13-9-4-3-8-12-20(23(30)25-24)16-21(28)26(14-15-27)17-19-10-6-5-7-11-19/h3,5-8,10-11,20,27H,4,9,12-18H2,1-2H3,(H,25,30). The number of allylic oxidation sites excluding steroid dienone is 2. The highest BCUT2D eigenvalue weighted by atomic mass is 16.5. The van der Waals surface area contributed by atoms with Crippen molar-refractivity contribution in [3.63, 3.8) is 0 Å². The molecule has 0 saturated carbocycles. The highest BCUT2D eigenvalue weighted by Gasteiger charge is 2.29. The van der Waals surface area contributed by atoms with E-state index in [9.17, 15) is 19.5 Å². The Bertz CT molecular complexity index is 760. The van der Waals surface area contributed by atoms with Gasteiger partial charge < -0.3 is 20.1 Å². The Kier molecular flexibility index (Phi) is 9.72. The summed E-state index contributed by atoms with van der Waals surface area (Å²) in [7, 11) is 0. The zero-order valence-electron chi connectivity index (χ0n) is 18.5. The van der Waals surface area contributed by atoms with Gasteiger partial charge in [0.2, 0.25) is 11.8 Å². The number of hydrogen-bond acceptors (Lipinski definition) is 5. The number of ether oxygens (including phenoxy) is 1. The Morgan fingerprint density at radius 2 is 1.97 bits per heavy atom. The van der Waals surface area contributed by atoms with Crippen molar-refractivity contribution in [3.8, 4) is 0 Å². The van der Waals surface area contributed by atoms with E-state index in [1.807, 2.05) is 42.5 Å². The van der Waals surface area contributed by atoms with Crippen LogP contribution in [-0.2, 0) is 25.7 Å². The Hall–Kier alpha value is -2.67. The fourth-order valence-corrected chi connectivity index (χ4v) is 3.39. The number of rotatable bonds is 6. The largest absolute Gasteiger partial charge is 0.463 e. The first-order valence-corrected chi connectivity index (χ1v) is 10.9. The van der Waals surface area contributed by atoms with Gasteiger partial charge in [0.05, 0.1) is 18.1 Å². The van der Waals surface area contributed by atoms with E-state index in [1.165, 1.54) is 0 Å². The highest BCUT2D eigenvalue weighted by Crippen LogP contribution is 2.17. The molecule has 0 fully saturated rings. The lowest BCUT2D eigenvalue weighted by Gasteiger charge is -2.29. The van der Waals surface area contributed by atoms with Gasteiger partial charge in [0.15, 0.2) is 0 Å². The summed E-state index contributed by atoms with van der Waals surface area (Å²) in [6.07, 6.45) is 6.05. The van der Waals surface area contributed by atoms with E-state index < -0.39 is 11.5 Å². The third kappa shape index (κ3) is 8.92. The van der Waals surface area contributed by atoms with Crippen LogP contribution in [0.5, 0.6) is 0 Å².